The second-order valence-electron chi connectivity index (χ2n) is 6.47. The van der Waals surface area contributed by atoms with Crippen molar-refractivity contribution in [2.75, 3.05) is 0 Å². The molecule has 0 spiro atoms. The molecule has 2 rings (SSSR count). The molecule has 1 N–H and O–H groups in total. The van der Waals surface area contributed by atoms with Crippen LogP contribution in [0.3, 0.4) is 0 Å². The Hall–Kier alpha value is -1.13. The van der Waals surface area contributed by atoms with Gasteiger partial charge in [-0.3, -0.25) is 4.79 Å². The summed E-state index contributed by atoms with van der Waals surface area (Å²) in [7, 11) is 0. The number of nitrogens with zero attached hydrogens (tertiary/aromatic N) is 2. The van der Waals surface area contributed by atoms with Gasteiger partial charge in [0.1, 0.15) is 10.3 Å². The van der Waals surface area contributed by atoms with E-state index in [0.29, 0.717) is 11.5 Å². The predicted octanol–water partition coefficient (Wildman–Crippen LogP) is 4.32. The van der Waals surface area contributed by atoms with Crippen molar-refractivity contribution in [3.8, 4) is 0 Å². The molecule has 1 aliphatic carbocycles. The lowest BCUT2D eigenvalue weighted by Gasteiger charge is -2.34. The van der Waals surface area contributed by atoms with Gasteiger partial charge in [-0.2, -0.15) is 5.10 Å². The molecular weight excluding hydrogens is 309 g/mol. The van der Waals surface area contributed by atoms with Gasteiger partial charge in [-0.15, -0.1) is 0 Å². The summed E-state index contributed by atoms with van der Waals surface area (Å²) in [5, 5.41) is 4.65. The highest BCUT2D eigenvalue weighted by molar-refractivity contribution is 6.33. The van der Waals surface area contributed by atoms with Gasteiger partial charge >= 0.3 is 0 Å². The Balaban J connectivity index is 2.07. The molecule has 0 unspecified atom stereocenters. The Bertz CT molecular complexity index is 564. The second kappa shape index (κ2) is 6.32. The Kier molecular flexibility index (Phi) is 4.89. The normalized spacial score (nSPS) is 23.1. The van der Waals surface area contributed by atoms with Crippen LogP contribution < -0.4 is 5.43 Å². The second-order valence-corrected chi connectivity index (χ2v) is 7.25. The van der Waals surface area contributed by atoms with Crippen molar-refractivity contribution in [1.82, 2.24) is 10.4 Å². The molecule has 4 nitrogen and oxygen atoms in total. The highest BCUT2D eigenvalue weighted by atomic mass is 35.5. The van der Waals surface area contributed by atoms with Gasteiger partial charge < -0.3 is 0 Å². The van der Waals surface area contributed by atoms with E-state index in [1.54, 1.807) is 0 Å². The molecule has 1 fully saturated rings. The van der Waals surface area contributed by atoms with Crippen LogP contribution in [-0.2, 0) is 0 Å². The van der Waals surface area contributed by atoms with Crippen molar-refractivity contribution >= 4 is 34.8 Å². The zero-order valence-electron chi connectivity index (χ0n) is 12.4. The summed E-state index contributed by atoms with van der Waals surface area (Å²) < 4.78 is 0. The number of halogens is 2. The topological polar surface area (TPSA) is 54.4 Å². The van der Waals surface area contributed by atoms with E-state index in [1.165, 1.54) is 18.6 Å². The van der Waals surface area contributed by atoms with E-state index >= 15 is 0 Å². The van der Waals surface area contributed by atoms with Gasteiger partial charge in [0.2, 0.25) is 0 Å². The molecule has 114 valence electrons. The molecule has 0 radical (unpaired) electrons. The summed E-state index contributed by atoms with van der Waals surface area (Å²) in [4.78, 5) is 15.9. The molecule has 1 aliphatic rings. The van der Waals surface area contributed by atoms with Crippen LogP contribution in [-0.4, -0.2) is 16.6 Å². The number of hydrogen-bond acceptors (Lipinski definition) is 3. The quantitative estimate of drug-likeness (QED) is 0.649. The molecule has 1 amide bonds. The van der Waals surface area contributed by atoms with Gasteiger partial charge in [-0.05, 0) is 42.7 Å². The molecule has 0 aromatic carbocycles. The van der Waals surface area contributed by atoms with Gasteiger partial charge in [-0.1, -0.05) is 44.0 Å². The molecule has 0 saturated heterocycles. The highest BCUT2D eigenvalue weighted by Gasteiger charge is 2.29. The Labute approximate surface area is 134 Å². The van der Waals surface area contributed by atoms with E-state index in [-0.39, 0.29) is 21.6 Å². The van der Waals surface area contributed by atoms with Gasteiger partial charge in [-0.25, -0.2) is 10.4 Å². The molecule has 21 heavy (non-hydrogen) atoms. The van der Waals surface area contributed by atoms with Crippen molar-refractivity contribution in [2.24, 2.45) is 16.4 Å². The van der Waals surface area contributed by atoms with Crippen LogP contribution in [0.25, 0.3) is 0 Å². The lowest BCUT2D eigenvalue weighted by atomic mass is 9.72. The number of amides is 1. The molecule has 6 heteroatoms. The van der Waals surface area contributed by atoms with Crippen LogP contribution in [0.2, 0.25) is 10.3 Å². The van der Waals surface area contributed by atoms with E-state index in [9.17, 15) is 4.79 Å². The average Bonchev–Trinajstić information content (AvgIpc) is 2.32. The maximum atomic E-state index is 12.1. The summed E-state index contributed by atoms with van der Waals surface area (Å²) in [6, 6.07) is 2.94. The maximum Gasteiger partial charge on any atom is 0.271 e. The van der Waals surface area contributed by atoms with E-state index < -0.39 is 0 Å². The monoisotopic (exact) mass is 327 g/mol. The summed E-state index contributed by atoms with van der Waals surface area (Å²) >= 11 is 11.6. The lowest BCUT2D eigenvalue weighted by Crippen LogP contribution is -2.30. The van der Waals surface area contributed by atoms with Crippen molar-refractivity contribution in [3.63, 3.8) is 0 Å². The van der Waals surface area contributed by atoms with Gasteiger partial charge in [0.15, 0.2) is 0 Å². The first-order valence-electron chi connectivity index (χ1n) is 6.94. The molecule has 1 aromatic heterocycles. The number of aromatic nitrogens is 1. The van der Waals surface area contributed by atoms with Crippen LogP contribution in [0.5, 0.6) is 0 Å². The largest absolute Gasteiger partial charge is 0.271 e. The van der Waals surface area contributed by atoms with E-state index in [4.69, 9.17) is 23.2 Å². The lowest BCUT2D eigenvalue weighted by molar-refractivity contribution is 0.0953. The molecule has 0 aliphatic heterocycles. The summed E-state index contributed by atoms with van der Waals surface area (Å²) in [6.07, 6.45) is 2.99. The van der Waals surface area contributed by atoms with Crippen molar-refractivity contribution < 1.29 is 4.79 Å². The standard InChI is InChI=1S/C15H19Cl2N3O/c1-9-4-11(8-15(2,3)7-9)19-20-14(21)10-5-12(16)18-13(17)6-10/h5-6,9H,4,7-8H2,1-3H3,(H,20,21)/t9-/m0/s1. The number of pyridine rings is 1. The molecule has 1 saturated carbocycles. The zero-order chi connectivity index (χ0) is 15.6. The number of rotatable bonds is 2. The molecule has 1 atom stereocenters. The molecule has 1 aromatic rings. The first-order valence-corrected chi connectivity index (χ1v) is 7.70. The number of hydrazone groups is 1. The first-order chi connectivity index (χ1) is 9.75. The fraction of sp³-hybridized carbons (Fsp3) is 0.533. The number of carbonyl (C=O) groups is 1. The summed E-state index contributed by atoms with van der Waals surface area (Å²) in [5.41, 5.74) is 4.19. The van der Waals surface area contributed by atoms with Gasteiger partial charge in [0.05, 0.1) is 0 Å². The van der Waals surface area contributed by atoms with Crippen LogP contribution in [0, 0.1) is 11.3 Å². The molecule has 1 heterocycles. The first kappa shape index (κ1) is 16.2. The van der Waals surface area contributed by atoms with Gasteiger partial charge in [0, 0.05) is 11.3 Å². The third-order valence-corrected chi connectivity index (χ3v) is 3.90. The van der Waals surface area contributed by atoms with E-state index in [2.05, 4.69) is 36.3 Å². The SMILES string of the molecule is C[C@H]1CC(=NNC(=O)c2cc(Cl)nc(Cl)c2)CC(C)(C)C1. The van der Waals surface area contributed by atoms with Crippen molar-refractivity contribution in [3.05, 3.63) is 28.0 Å². The molecule has 0 bridgehead atoms. The van der Waals surface area contributed by atoms with Crippen molar-refractivity contribution in [1.29, 1.82) is 0 Å². The van der Waals surface area contributed by atoms with Crippen LogP contribution in [0.1, 0.15) is 50.4 Å². The fourth-order valence-corrected chi connectivity index (χ4v) is 3.45. The predicted molar refractivity (Wildman–Crippen MR) is 86.0 cm³/mol. The minimum absolute atomic E-state index is 0.188. The average molecular weight is 328 g/mol. The smallest absolute Gasteiger partial charge is 0.267 e. The fourth-order valence-electron chi connectivity index (χ4n) is 2.99. The number of hydrogen-bond donors (Lipinski definition) is 1. The minimum Gasteiger partial charge on any atom is -0.267 e. The molecular formula is C15H19Cl2N3O. The Morgan fingerprint density at radius 3 is 2.57 bits per heavy atom. The zero-order valence-corrected chi connectivity index (χ0v) is 13.9. The van der Waals surface area contributed by atoms with E-state index in [1.807, 2.05) is 0 Å². The van der Waals surface area contributed by atoms with Crippen LogP contribution in [0.15, 0.2) is 17.2 Å². The Morgan fingerprint density at radius 1 is 1.38 bits per heavy atom. The van der Waals surface area contributed by atoms with Gasteiger partial charge in [0.25, 0.3) is 5.91 Å². The highest BCUT2D eigenvalue weighted by Crippen LogP contribution is 2.36. The van der Waals surface area contributed by atoms with Crippen LogP contribution in [0.4, 0.5) is 0 Å². The third-order valence-electron chi connectivity index (χ3n) is 3.51. The number of carbonyl (C=O) groups excluding carboxylic acids is 1. The minimum atomic E-state index is -0.329. The summed E-state index contributed by atoms with van der Waals surface area (Å²) in [5.74, 6) is 0.249. The van der Waals surface area contributed by atoms with Crippen molar-refractivity contribution in [2.45, 2.75) is 40.0 Å². The number of nitrogens with one attached hydrogen (secondary N) is 1. The summed E-state index contributed by atoms with van der Waals surface area (Å²) in [6.45, 7) is 6.66. The Morgan fingerprint density at radius 2 is 2.00 bits per heavy atom. The maximum absolute atomic E-state index is 12.1. The van der Waals surface area contributed by atoms with E-state index in [0.717, 1.165) is 18.6 Å². The third kappa shape index (κ3) is 4.68. The van der Waals surface area contributed by atoms with Crippen LogP contribution >= 0.6 is 23.2 Å².